The topological polar surface area (TPSA) is 43.1 Å². The van der Waals surface area contributed by atoms with E-state index >= 15 is 0 Å². The number of allylic oxidation sites excluding steroid dienone is 3. The molecule has 0 atom stereocenters. The van der Waals surface area contributed by atoms with E-state index in [-0.39, 0.29) is 5.91 Å². The Labute approximate surface area is 89.1 Å². The summed E-state index contributed by atoms with van der Waals surface area (Å²) in [5.74, 6) is -0.311. The highest BCUT2D eigenvalue weighted by Crippen LogP contribution is 2.21. The Morgan fingerprint density at radius 1 is 1.20 bits per heavy atom. The van der Waals surface area contributed by atoms with E-state index < -0.39 is 0 Å². The summed E-state index contributed by atoms with van der Waals surface area (Å²) in [7, 11) is 0. The minimum atomic E-state index is -0.311. The molecule has 1 aliphatic rings. The van der Waals surface area contributed by atoms with Crippen LogP contribution in [-0.4, -0.2) is 5.91 Å². The maximum absolute atomic E-state index is 10.9. The zero-order chi connectivity index (χ0) is 10.7. The second kappa shape index (κ2) is 4.13. The Morgan fingerprint density at radius 2 is 1.93 bits per heavy atom. The maximum atomic E-state index is 10.9. The minimum Gasteiger partial charge on any atom is -0.366 e. The van der Waals surface area contributed by atoms with E-state index in [1.54, 1.807) is 0 Å². The van der Waals surface area contributed by atoms with E-state index in [0.29, 0.717) is 12.0 Å². The lowest BCUT2D eigenvalue weighted by Crippen LogP contribution is -2.12. The van der Waals surface area contributed by atoms with Crippen molar-refractivity contribution in [3.8, 4) is 0 Å². The summed E-state index contributed by atoms with van der Waals surface area (Å²) in [6.45, 7) is 0. The van der Waals surface area contributed by atoms with Crippen molar-refractivity contribution in [1.29, 1.82) is 0 Å². The number of rotatable bonds is 3. The lowest BCUT2D eigenvalue weighted by Gasteiger charge is -2.03. The third-order valence-corrected chi connectivity index (χ3v) is 2.53. The standard InChI is InChI=1S/C13H13NO/c14-13(15)12-7-6-11(9-12)8-10-4-2-1-3-5-10/h1-7H,8-9H2,(H2,14,15). The van der Waals surface area contributed by atoms with Crippen LogP contribution in [-0.2, 0) is 11.2 Å². The van der Waals surface area contributed by atoms with Gasteiger partial charge in [-0.05, 0) is 18.4 Å². The van der Waals surface area contributed by atoms with E-state index in [1.165, 1.54) is 11.1 Å². The van der Waals surface area contributed by atoms with Crippen LogP contribution >= 0.6 is 0 Å². The van der Waals surface area contributed by atoms with Crippen molar-refractivity contribution in [2.75, 3.05) is 0 Å². The summed E-state index contributed by atoms with van der Waals surface area (Å²) < 4.78 is 0. The van der Waals surface area contributed by atoms with Gasteiger partial charge in [-0.3, -0.25) is 4.79 Å². The van der Waals surface area contributed by atoms with Crippen LogP contribution in [0.5, 0.6) is 0 Å². The number of amides is 1. The molecule has 0 saturated heterocycles. The van der Waals surface area contributed by atoms with Gasteiger partial charge in [-0.2, -0.15) is 0 Å². The molecule has 15 heavy (non-hydrogen) atoms. The van der Waals surface area contributed by atoms with Gasteiger partial charge < -0.3 is 5.73 Å². The maximum Gasteiger partial charge on any atom is 0.244 e. The molecule has 76 valence electrons. The number of hydrogen-bond donors (Lipinski definition) is 1. The van der Waals surface area contributed by atoms with Crippen molar-refractivity contribution in [2.45, 2.75) is 12.8 Å². The summed E-state index contributed by atoms with van der Waals surface area (Å²) in [5.41, 5.74) is 8.43. The molecule has 0 saturated carbocycles. The van der Waals surface area contributed by atoms with Crippen molar-refractivity contribution in [1.82, 2.24) is 0 Å². The molecule has 2 heteroatoms. The van der Waals surface area contributed by atoms with Crippen LogP contribution in [0.15, 0.2) is 53.6 Å². The Kier molecular flexibility index (Phi) is 2.68. The van der Waals surface area contributed by atoms with Gasteiger partial charge in [0.05, 0.1) is 0 Å². The molecule has 2 rings (SSSR count). The molecule has 0 fully saturated rings. The summed E-state index contributed by atoms with van der Waals surface area (Å²) in [4.78, 5) is 10.9. The van der Waals surface area contributed by atoms with Crippen LogP contribution in [0.4, 0.5) is 0 Å². The fraction of sp³-hybridized carbons (Fsp3) is 0.154. The molecular weight excluding hydrogens is 186 g/mol. The highest BCUT2D eigenvalue weighted by atomic mass is 16.1. The van der Waals surface area contributed by atoms with Crippen molar-refractivity contribution < 1.29 is 4.79 Å². The van der Waals surface area contributed by atoms with Gasteiger partial charge in [-0.1, -0.05) is 48.1 Å². The third-order valence-electron chi connectivity index (χ3n) is 2.53. The molecule has 0 unspecified atom stereocenters. The first-order chi connectivity index (χ1) is 7.25. The van der Waals surface area contributed by atoms with E-state index in [2.05, 4.69) is 12.1 Å². The van der Waals surface area contributed by atoms with Gasteiger partial charge in [0.1, 0.15) is 0 Å². The fourth-order valence-electron chi connectivity index (χ4n) is 1.73. The Balaban J connectivity index is 1.98. The van der Waals surface area contributed by atoms with Crippen molar-refractivity contribution in [3.63, 3.8) is 0 Å². The second-order valence-electron chi connectivity index (χ2n) is 3.72. The number of carbonyl (C=O) groups excluding carboxylic acids is 1. The monoisotopic (exact) mass is 199 g/mol. The highest BCUT2D eigenvalue weighted by molar-refractivity contribution is 5.93. The third kappa shape index (κ3) is 2.34. The average molecular weight is 199 g/mol. The molecule has 0 radical (unpaired) electrons. The molecule has 0 aliphatic heterocycles. The quantitative estimate of drug-likeness (QED) is 0.794. The SMILES string of the molecule is NC(=O)C1=CC=C(Cc2ccccc2)C1. The van der Waals surface area contributed by atoms with Gasteiger partial charge in [0.15, 0.2) is 0 Å². The van der Waals surface area contributed by atoms with Crippen LogP contribution in [0.3, 0.4) is 0 Å². The first-order valence-corrected chi connectivity index (χ1v) is 4.98. The molecule has 0 spiro atoms. The molecule has 1 aromatic carbocycles. The van der Waals surface area contributed by atoms with Crippen molar-refractivity contribution in [3.05, 3.63) is 59.2 Å². The van der Waals surface area contributed by atoms with Crippen LogP contribution in [0, 0.1) is 0 Å². The number of nitrogens with two attached hydrogens (primary N) is 1. The smallest absolute Gasteiger partial charge is 0.244 e. The molecule has 2 nitrogen and oxygen atoms in total. The van der Waals surface area contributed by atoms with Crippen LogP contribution in [0.25, 0.3) is 0 Å². The van der Waals surface area contributed by atoms with Gasteiger partial charge >= 0.3 is 0 Å². The molecule has 0 aromatic heterocycles. The lowest BCUT2D eigenvalue weighted by molar-refractivity contribution is -0.114. The summed E-state index contributed by atoms with van der Waals surface area (Å²) in [5, 5.41) is 0. The number of primary amides is 1. The number of carbonyl (C=O) groups is 1. The average Bonchev–Trinajstić information content (AvgIpc) is 2.68. The minimum absolute atomic E-state index is 0.311. The lowest BCUT2D eigenvalue weighted by atomic mass is 10.0. The number of benzene rings is 1. The molecular formula is C13H13NO. The molecule has 0 heterocycles. The normalized spacial score (nSPS) is 14.7. The van der Waals surface area contributed by atoms with Crippen molar-refractivity contribution in [2.24, 2.45) is 5.73 Å². The molecule has 1 aliphatic carbocycles. The van der Waals surface area contributed by atoms with E-state index in [0.717, 1.165) is 6.42 Å². The van der Waals surface area contributed by atoms with E-state index in [4.69, 9.17) is 5.73 Å². The first-order valence-electron chi connectivity index (χ1n) is 4.98. The van der Waals surface area contributed by atoms with Crippen LogP contribution in [0.1, 0.15) is 12.0 Å². The van der Waals surface area contributed by atoms with Crippen LogP contribution in [0.2, 0.25) is 0 Å². The summed E-state index contributed by atoms with van der Waals surface area (Å²) >= 11 is 0. The van der Waals surface area contributed by atoms with Gasteiger partial charge in [0.2, 0.25) is 5.91 Å². The summed E-state index contributed by atoms with van der Waals surface area (Å²) in [6, 6.07) is 10.2. The summed E-state index contributed by atoms with van der Waals surface area (Å²) in [6.07, 6.45) is 5.41. The first kappa shape index (κ1) is 9.71. The van der Waals surface area contributed by atoms with Crippen molar-refractivity contribution >= 4 is 5.91 Å². The Hall–Kier alpha value is -1.83. The Morgan fingerprint density at radius 3 is 2.53 bits per heavy atom. The van der Waals surface area contributed by atoms with Gasteiger partial charge in [-0.25, -0.2) is 0 Å². The van der Waals surface area contributed by atoms with Crippen LogP contribution < -0.4 is 5.73 Å². The molecule has 1 amide bonds. The van der Waals surface area contributed by atoms with E-state index in [1.807, 2.05) is 30.4 Å². The largest absolute Gasteiger partial charge is 0.366 e. The van der Waals surface area contributed by atoms with Gasteiger partial charge in [0.25, 0.3) is 0 Å². The number of hydrogen-bond acceptors (Lipinski definition) is 1. The van der Waals surface area contributed by atoms with Gasteiger partial charge in [-0.15, -0.1) is 0 Å². The second-order valence-corrected chi connectivity index (χ2v) is 3.72. The fourth-order valence-corrected chi connectivity index (χ4v) is 1.73. The zero-order valence-corrected chi connectivity index (χ0v) is 8.44. The van der Waals surface area contributed by atoms with E-state index in [9.17, 15) is 4.79 Å². The predicted octanol–water partition coefficient (Wildman–Crippen LogP) is 1.97. The zero-order valence-electron chi connectivity index (χ0n) is 8.44. The Bertz CT molecular complexity index is 429. The van der Waals surface area contributed by atoms with Gasteiger partial charge in [0, 0.05) is 5.57 Å². The molecule has 1 aromatic rings. The predicted molar refractivity (Wildman–Crippen MR) is 60.1 cm³/mol. The molecule has 2 N–H and O–H groups in total. The molecule has 0 bridgehead atoms. The highest BCUT2D eigenvalue weighted by Gasteiger charge is 2.12.